The third-order valence-electron chi connectivity index (χ3n) is 2.82. The van der Waals surface area contributed by atoms with Gasteiger partial charge < -0.3 is 9.67 Å². The van der Waals surface area contributed by atoms with Crippen molar-refractivity contribution in [1.29, 1.82) is 0 Å². The van der Waals surface area contributed by atoms with Gasteiger partial charge in [0, 0.05) is 36.9 Å². The summed E-state index contributed by atoms with van der Waals surface area (Å²) < 4.78 is 1.78. The summed E-state index contributed by atoms with van der Waals surface area (Å²) in [6.45, 7) is 0. The lowest BCUT2D eigenvalue weighted by Crippen LogP contribution is -1.99. The molecule has 0 aliphatic carbocycles. The summed E-state index contributed by atoms with van der Waals surface area (Å²) in [4.78, 5) is 30.1. The van der Waals surface area contributed by atoms with Crippen LogP contribution >= 0.6 is 0 Å². The topological polar surface area (TPSA) is 85.1 Å². The predicted octanol–water partition coefficient (Wildman–Crippen LogP) is 1.81. The van der Waals surface area contributed by atoms with Crippen molar-refractivity contribution in [3.05, 3.63) is 60.0 Å². The zero-order valence-corrected chi connectivity index (χ0v) is 11.3. The van der Waals surface area contributed by atoms with Crippen molar-refractivity contribution in [2.24, 2.45) is 7.05 Å². The number of hydrogen-bond donors (Lipinski definition) is 1. The molecule has 0 saturated heterocycles. The largest absolute Gasteiger partial charge is 0.478 e. The summed E-state index contributed by atoms with van der Waals surface area (Å²) in [7, 11) is 1.79. The van der Waals surface area contributed by atoms with Crippen LogP contribution in [0.3, 0.4) is 0 Å². The number of aromatic nitrogens is 3. The molecule has 0 atom stereocenters. The minimum Gasteiger partial charge on any atom is -0.478 e. The maximum atomic E-state index is 11.9. The van der Waals surface area contributed by atoms with E-state index in [9.17, 15) is 9.59 Å². The molecule has 0 amide bonds. The molecule has 2 heterocycles. The molecule has 2 aromatic heterocycles. The third kappa shape index (κ3) is 3.73. The van der Waals surface area contributed by atoms with Crippen LogP contribution in [0.15, 0.2) is 42.9 Å². The summed E-state index contributed by atoms with van der Waals surface area (Å²) in [5.41, 5.74) is 1.77. The molecule has 2 rings (SSSR count). The van der Waals surface area contributed by atoms with E-state index >= 15 is 0 Å². The van der Waals surface area contributed by atoms with Crippen molar-refractivity contribution < 1.29 is 14.7 Å². The molecule has 0 unspecified atom stereocenters. The van der Waals surface area contributed by atoms with Gasteiger partial charge in [0.25, 0.3) is 0 Å². The molecule has 0 aliphatic rings. The Kier molecular flexibility index (Phi) is 4.40. The van der Waals surface area contributed by atoms with Gasteiger partial charge in [-0.25, -0.2) is 9.78 Å². The summed E-state index contributed by atoms with van der Waals surface area (Å²) in [5, 5.41) is 8.61. The third-order valence-corrected chi connectivity index (χ3v) is 2.82. The van der Waals surface area contributed by atoms with E-state index in [0.29, 0.717) is 0 Å². The number of hydrogen-bond acceptors (Lipinski definition) is 4. The van der Waals surface area contributed by atoms with Crippen LogP contribution in [0.1, 0.15) is 21.9 Å². The van der Waals surface area contributed by atoms with Crippen LogP contribution < -0.4 is 0 Å². The summed E-state index contributed by atoms with van der Waals surface area (Å²) in [6, 6.07) is 3.56. The van der Waals surface area contributed by atoms with Gasteiger partial charge in [-0.3, -0.25) is 9.78 Å². The van der Waals surface area contributed by atoms with E-state index in [1.54, 1.807) is 29.8 Å². The first-order valence-corrected chi connectivity index (χ1v) is 6.13. The summed E-state index contributed by atoms with van der Waals surface area (Å²) >= 11 is 0. The highest BCUT2D eigenvalue weighted by Crippen LogP contribution is 2.11. The van der Waals surface area contributed by atoms with Crippen molar-refractivity contribution in [2.45, 2.75) is 0 Å². The fraction of sp³-hybridized carbons (Fsp3) is 0.0667. The number of allylic oxidation sites excluding steroid dienone is 1. The van der Waals surface area contributed by atoms with Gasteiger partial charge in [0.2, 0.25) is 5.78 Å². The maximum absolute atomic E-state index is 11.9. The number of carboxylic acids is 1. The number of nitrogens with zero attached hydrogens (tertiary/aromatic N) is 3. The van der Waals surface area contributed by atoms with Crippen LogP contribution in [0.2, 0.25) is 0 Å². The molecule has 0 bridgehead atoms. The van der Waals surface area contributed by atoms with E-state index in [4.69, 9.17) is 5.11 Å². The van der Waals surface area contributed by atoms with Gasteiger partial charge in [0.05, 0.1) is 6.20 Å². The second-order valence-electron chi connectivity index (χ2n) is 4.20. The van der Waals surface area contributed by atoms with Crippen LogP contribution in [0.25, 0.3) is 12.2 Å². The van der Waals surface area contributed by atoms with Crippen molar-refractivity contribution in [2.75, 3.05) is 0 Å². The lowest BCUT2D eigenvalue weighted by atomic mass is 10.2. The summed E-state index contributed by atoms with van der Waals surface area (Å²) in [6.07, 6.45) is 9.96. The molecular formula is C15H13N3O3. The SMILES string of the molecule is Cn1c(/C=C/C(=O)O)ccc1/C=C/C(=O)c1cnccn1. The number of aliphatic carboxylic acids is 1. The smallest absolute Gasteiger partial charge is 0.328 e. The second-order valence-corrected chi connectivity index (χ2v) is 4.20. The Balaban J connectivity index is 2.15. The van der Waals surface area contributed by atoms with Crippen LogP contribution in [0.5, 0.6) is 0 Å². The van der Waals surface area contributed by atoms with E-state index in [1.165, 1.54) is 30.7 Å². The van der Waals surface area contributed by atoms with Crippen molar-refractivity contribution in [1.82, 2.24) is 14.5 Å². The first-order chi connectivity index (χ1) is 10.1. The monoisotopic (exact) mass is 283 g/mol. The molecule has 0 fully saturated rings. The fourth-order valence-electron chi connectivity index (χ4n) is 1.71. The number of carbonyl (C=O) groups excluding carboxylic acids is 1. The molecule has 2 aromatic rings. The highest BCUT2D eigenvalue weighted by Gasteiger charge is 2.04. The van der Waals surface area contributed by atoms with Gasteiger partial charge in [0.15, 0.2) is 0 Å². The van der Waals surface area contributed by atoms with E-state index in [1.807, 2.05) is 0 Å². The van der Waals surface area contributed by atoms with Crippen LogP contribution in [-0.2, 0) is 11.8 Å². The highest BCUT2D eigenvalue weighted by atomic mass is 16.4. The minimum atomic E-state index is -1.01. The Morgan fingerprint density at radius 3 is 2.38 bits per heavy atom. The molecule has 21 heavy (non-hydrogen) atoms. The number of ketones is 1. The Hall–Kier alpha value is -3.02. The van der Waals surface area contributed by atoms with Gasteiger partial charge in [-0.15, -0.1) is 0 Å². The van der Waals surface area contributed by atoms with Crippen molar-refractivity contribution in [3.8, 4) is 0 Å². The van der Waals surface area contributed by atoms with Crippen LogP contribution in [-0.4, -0.2) is 31.4 Å². The molecule has 0 saturated carbocycles. The fourth-order valence-corrected chi connectivity index (χ4v) is 1.71. The number of carbonyl (C=O) groups is 2. The van der Waals surface area contributed by atoms with E-state index in [-0.39, 0.29) is 11.5 Å². The first kappa shape index (κ1) is 14.4. The molecule has 0 radical (unpaired) electrons. The van der Waals surface area contributed by atoms with Crippen molar-refractivity contribution in [3.63, 3.8) is 0 Å². The van der Waals surface area contributed by atoms with Crippen LogP contribution in [0.4, 0.5) is 0 Å². The molecule has 6 nitrogen and oxygen atoms in total. The van der Waals surface area contributed by atoms with Gasteiger partial charge in [-0.2, -0.15) is 0 Å². The lowest BCUT2D eigenvalue weighted by molar-refractivity contribution is -0.131. The molecule has 0 aromatic carbocycles. The maximum Gasteiger partial charge on any atom is 0.328 e. The van der Waals surface area contributed by atoms with E-state index < -0.39 is 5.97 Å². The molecule has 106 valence electrons. The van der Waals surface area contributed by atoms with Gasteiger partial charge in [-0.05, 0) is 30.4 Å². The van der Waals surface area contributed by atoms with Gasteiger partial charge in [0.1, 0.15) is 5.69 Å². The quantitative estimate of drug-likeness (QED) is 0.668. The Labute approximate surface area is 121 Å². The zero-order chi connectivity index (χ0) is 15.2. The number of carboxylic acid groups (broad SMARTS) is 1. The van der Waals surface area contributed by atoms with Crippen LogP contribution in [0, 0.1) is 0 Å². The standard InChI is InChI=1S/C15H13N3O3/c1-18-11(2-3-12(18)5-7-15(20)21)4-6-14(19)13-10-16-8-9-17-13/h2-10H,1H3,(H,20,21)/b6-4+,7-5+. The molecular weight excluding hydrogens is 270 g/mol. The highest BCUT2D eigenvalue weighted by molar-refractivity contribution is 6.05. The van der Waals surface area contributed by atoms with Crippen molar-refractivity contribution >= 4 is 23.9 Å². The van der Waals surface area contributed by atoms with Gasteiger partial charge in [-0.1, -0.05) is 0 Å². The molecule has 0 spiro atoms. The molecule has 6 heteroatoms. The summed E-state index contributed by atoms with van der Waals surface area (Å²) in [5.74, 6) is -1.25. The number of rotatable bonds is 5. The lowest BCUT2D eigenvalue weighted by Gasteiger charge is -2.00. The Morgan fingerprint density at radius 1 is 1.14 bits per heavy atom. The normalized spacial score (nSPS) is 11.3. The average molecular weight is 283 g/mol. The predicted molar refractivity (Wildman–Crippen MR) is 77.5 cm³/mol. The first-order valence-electron chi connectivity index (χ1n) is 6.13. The molecule has 1 N–H and O–H groups in total. The zero-order valence-electron chi connectivity index (χ0n) is 11.3. The van der Waals surface area contributed by atoms with E-state index in [0.717, 1.165) is 17.5 Å². The Morgan fingerprint density at radius 2 is 1.81 bits per heavy atom. The van der Waals surface area contributed by atoms with Gasteiger partial charge >= 0.3 is 5.97 Å². The van der Waals surface area contributed by atoms with E-state index in [2.05, 4.69) is 9.97 Å². The molecule has 0 aliphatic heterocycles. The minimum absolute atomic E-state index is 0.244. The second kappa shape index (κ2) is 6.42. The Bertz CT molecular complexity index is 715. The average Bonchev–Trinajstić information content (AvgIpc) is 2.84.